The summed E-state index contributed by atoms with van der Waals surface area (Å²) in [6.07, 6.45) is 0.948. The minimum Gasteiger partial charge on any atom is -0.492 e. The Balaban J connectivity index is 2.38. The third-order valence-corrected chi connectivity index (χ3v) is 2.51. The molecule has 0 radical (unpaired) electrons. The smallest absolute Gasteiger partial charge is 0.119 e. The molecule has 0 heterocycles. The van der Waals surface area contributed by atoms with Crippen LogP contribution in [0.5, 0.6) is 5.75 Å². The summed E-state index contributed by atoms with van der Waals surface area (Å²) in [5.74, 6) is 0.920. The molecule has 0 saturated heterocycles. The minimum atomic E-state index is 0.369. The van der Waals surface area contributed by atoms with E-state index in [0.717, 1.165) is 18.8 Å². The van der Waals surface area contributed by atoms with Gasteiger partial charge in [0.1, 0.15) is 12.4 Å². The van der Waals surface area contributed by atoms with E-state index in [1.54, 1.807) is 7.11 Å². The first kappa shape index (κ1) is 13.0. The highest BCUT2D eigenvalue weighted by atomic mass is 16.5. The molecule has 90 valence electrons. The van der Waals surface area contributed by atoms with Crippen LogP contribution in [0.3, 0.4) is 0 Å². The first-order valence-electron chi connectivity index (χ1n) is 5.64. The molecule has 1 N–H and O–H groups in total. The van der Waals surface area contributed by atoms with E-state index < -0.39 is 0 Å². The van der Waals surface area contributed by atoms with Crippen LogP contribution in [0.25, 0.3) is 0 Å². The van der Waals surface area contributed by atoms with Gasteiger partial charge in [-0.25, -0.2) is 0 Å². The summed E-state index contributed by atoms with van der Waals surface area (Å²) < 4.78 is 10.7. The van der Waals surface area contributed by atoms with Gasteiger partial charge in [0, 0.05) is 13.2 Å². The summed E-state index contributed by atoms with van der Waals surface area (Å²) in [6, 6.07) is 8.55. The molecule has 1 rings (SSSR count). The largest absolute Gasteiger partial charge is 0.492 e. The fraction of sp³-hybridized carbons (Fsp3) is 0.538. The maximum absolute atomic E-state index is 5.62. The van der Waals surface area contributed by atoms with Crippen molar-refractivity contribution in [2.75, 3.05) is 27.4 Å². The number of hydrogen-bond donors (Lipinski definition) is 1. The summed E-state index contributed by atoms with van der Waals surface area (Å²) in [7, 11) is 3.65. The molecule has 0 spiro atoms. The summed E-state index contributed by atoms with van der Waals surface area (Å²) in [5.41, 5.74) is 1.27. The lowest BCUT2D eigenvalue weighted by Gasteiger charge is -2.12. The lowest BCUT2D eigenvalue weighted by Crippen LogP contribution is -2.28. The second-order valence-electron chi connectivity index (χ2n) is 3.89. The Labute approximate surface area is 97.8 Å². The Kier molecular flexibility index (Phi) is 5.90. The van der Waals surface area contributed by atoms with Crippen LogP contribution in [-0.2, 0) is 11.2 Å². The van der Waals surface area contributed by atoms with Crippen LogP contribution in [0, 0.1) is 0 Å². The Morgan fingerprint density at radius 2 is 1.94 bits per heavy atom. The van der Waals surface area contributed by atoms with Crippen molar-refractivity contribution in [3.63, 3.8) is 0 Å². The van der Waals surface area contributed by atoms with Gasteiger partial charge in [0.15, 0.2) is 0 Å². The Hall–Kier alpha value is -1.06. The number of rotatable bonds is 7. The lowest BCUT2D eigenvalue weighted by atomic mass is 10.1. The number of likely N-dealkylation sites (N-methyl/N-ethyl adjacent to an activating group) is 1. The quantitative estimate of drug-likeness (QED) is 0.765. The highest BCUT2D eigenvalue weighted by molar-refractivity contribution is 5.27. The molecule has 1 unspecified atom stereocenters. The SMILES string of the molecule is CNC(C)COc1ccc(CCOC)cc1. The fourth-order valence-corrected chi connectivity index (χ4v) is 1.28. The molecule has 0 saturated carbocycles. The van der Waals surface area contributed by atoms with Gasteiger partial charge in [0.05, 0.1) is 6.61 Å². The van der Waals surface area contributed by atoms with Gasteiger partial charge in [0.2, 0.25) is 0 Å². The normalized spacial score (nSPS) is 12.4. The van der Waals surface area contributed by atoms with Gasteiger partial charge in [0.25, 0.3) is 0 Å². The van der Waals surface area contributed by atoms with Crippen LogP contribution in [0.4, 0.5) is 0 Å². The zero-order chi connectivity index (χ0) is 11.8. The van der Waals surface area contributed by atoms with E-state index in [2.05, 4.69) is 24.4 Å². The monoisotopic (exact) mass is 223 g/mol. The first-order chi connectivity index (χ1) is 7.76. The first-order valence-corrected chi connectivity index (χ1v) is 5.64. The highest BCUT2D eigenvalue weighted by Gasteiger charge is 1.99. The molecule has 3 nitrogen and oxygen atoms in total. The molecule has 1 atom stereocenters. The molecule has 16 heavy (non-hydrogen) atoms. The number of methoxy groups -OCH3 is 1. The average Bonchev–Trinajstić information content (AvgIpc) is 2.34. The van der Waals surface area contributed by atoms with Gasteiger partial charge in [-0.15, -0.1) is 0 Å². The van der Waals surface area contributed by atoms with Crippen molar-refractivity contribution in [2.45, 2.75) is 19.4 Å². The van der Waals surface area contributed by atoms with Gasteiger partial charge in [-0.2, -0.15) is 0 Å². The summed E-state index contributed by atoms with van der Waals surface area (Å²) in [4.78, 5) is 0. The number of benzene rings is 1. The minimum absolute atomic E-state index is 0.369. The summed E-state index contributed by atoms with van der Waals surface area (Å²) in [6.45, 7) is 3.54. The van der Waals surface area contributed by atoms with Crippen molar-refractivity contribution in [2.24, 2.45) is 0 Å². The van der Waals surface area contributed by atoms with Crippen LogP contribution >= 0.6 is 0 Å². The molecule has 0 aromatic heterocycles. The van der Waals surface area contributed by atoms with E-state index in [0.29, 0.717) is 12.6 Å². The van der Waals surface area contributed by atoms with Crippen LogP contribution in [0.2, 0.25) is 0 Å². The van der Waals surface area contributed by atoms with Crippen molar-refractivity contribution in [3.8, 4) is 5.75 Å². The maximum atomic E-state index is 5.62. The molecule has 1 aromatic carbocycles. The molecule has 0 bridgehead atoms. The number of nitrogens with one attached hydrogen (secondary N) is 1. The van der Waals surface area contributed by atoms with Crippen molar-refractivity contribution in [1.82, 2.24) is 5.32 Å². The predicted octanol–water partition coefficient (Wildman–Crippen LogP) is 1.86. The molecule has 3 heteroatoms. The van der Waals surface area contributed by atoms with Gasteiger partial charge >= 0.3 is 0 Å². The van der Waals surface area contributed by atoms with E-state index in [1.165, 1.54) is 5.56 Å². The molecular formula is C13H21NO2. The Morgan fingerprint density at radius 1 is 1.25 bits per heavy atom. The van der Waals surface area contributed by atoms with Gasteiger partial charge in [-0.1, -0.05) is 12.1 Å². The van der Waals surface area contributed by atoms with Crippen LogP contribution < -0.4 is 10.1 Å². The van der Waals surface area contributed by atoms with Crippen LogP contribution in [0.1, 0.15) is 12.5 Å². The Morgan fingerprint density at radius 3 is 2.50 bits per heavy atom. The van der Waals surface area contributed by atoms with E-state index in [1.807, 2.05) is 19.2 Å². The lowest BCUT2D eigenvalue weighted by molar-refractivity contribution is 0.202. The molecule has 0 aliphatic carbocycles. The number of ether oxygens (including phenoxy) is 2. The second-order valence-corrected chi connectivity index (χ2v) is 3.89. The van der Waals surface area contributed by atoms with Crippen molar-refractivity contribution >= 4 is 0 Å². The molecular weight excluding hydrogens is 202 g/mol. The molecule has 0 fully saturated rings. The standard InChI is InChI=1S/C13H21NO2/c1-11(14-2)10-16-13-6-4-12(5-7-13)8-9-15-3/h4-7,11,14H,8-10H2,1-3H3. The fourth-order valence-electron chi connectivity index (χ4n) is 1.28. The topological polar surface area (TPSA) is 30.5 Å². The highest BCUT2D eigenvalue weighted by Crippen LogP contribution is 2.12. The van der Waals surface area contributed by atoms with E-state index in [-0.39, 0.29) is 0 Å². The zero-order valence-electron chi connectivity index (χ0n) is 10.3. The zero-order valence-corrected chi connectivity index (χ0v) is 10.3. The average molecular weight is 223 g/mol. The third-order valence-electron chi connectivity index (χ3n) is 2.51. The molecule has 0 aliphatic heterocycles. The van der Waals surface area contributed by atoms with Gasteiger partial charge in [-0.3, -0.25) is 0 Å². The van der Waals surface area contributed by atoms with Gasteiger partial charge < -0.3 is 14.8 Å². The van der Waals surface area contributed by atoms with Crippen molar-refractivity contribution in [1.29, 1.82) is 0 Å². The Bertz CT molecular complexity index is 284. The molecule has 0 amide bonds. The van der Waals surface area contributed by atoms with Crippen LogP contribution in [-0.4, -0.2) is 33.4 Å². The third kappa shape index (κ3) is 4.64. The number of hydrogen-bond acceptors (Lipinski definition) is 3. The van der Waals surface area contributed by atoms with Crippen molar-refractivity contribution < 1.29 is 9.47 Å². The van der Waals surface area contributed by atoms with E-state index in [9.17, 15) is 0 Å². The summed E-state index contributed by atoms with van der Waals surface area (Å²) in [5, 5.41) is 3.13. The van der Waals surface area contributed by atoms with Crippen LogP contribution in [0.15, 0.2) is 24.3 Å². The maximum Gasteiger partial charge on any atom is 0.119 e. The summed E-state index contributed by atoms with van der Waals surface area (Å²) >= 11 is 0. The van der Waals surface area contributed by atoms with Crippen molar-refractivity contribution in [3.05, 3.63) is 29.8 Å². The molecule has 1 aromatic rings. The second kappa shape index (κ2) is 7.25. The van der Waals surface area contributed by atoms with Gasteiger partial charge in [-0.05, 0) is 38.1 Å². The predicted molar refractivity (Wildman–Crippen MR) is 66.0 cm³/mol. The van der Waals surface area contributed by atoms with E-state index in [4.69, 9.17) is 9.47 Å². The van der Waals surface area contributed by atoms with E-state index >= 15 is 0 Å². The molecule has 0 aliphatic rings.